The van der Waals surface area contributed by atoms with Gasteiger partial charge in [0.2, 0.25) is 0 Å². The lowest BCUT2D eigenvalue weighted by Crippen LogP contribution is -2.15. The topological polar surface area (TPSA) is 18.5 Å². The molecule has 0 N–H and O–H groups in total. The summed E-state index contributed by atoms with van der Waals surface area (Å²) in [5.74, 6) is 0.684. The Hall–Kier alpha value is -0.0800. The first-order valence-electron chi connectivity index (χ1n) is 4.66. The second-order valence-electron chi connectivity index (χ2n) is 4.83. The van der Waals surface area contributed by atoms with E-state index in [1.807, 2.05) is 0 Å². The van der Waals surface area contributed by atoms with Crippen LogP contribution in [0.25, 0.3) is 0 Å². The van der Waals surface area contributed by atoms with Crippen LogP contribution >= 0.6 is 0 Å². The summed E-state index contributed by atoms with van der Waals surface area (Å²) >= 11 is 0. The highest BCUT2D eigenvalue weighted by atomic mass is 17.2. The van der Waals surface area contributed by atoms with E-state index in [1.165, 1.54) is 0 Å². The summed E-state index contributed by atoms with van der Waals surface area (Å²) in [5.41, 5.74) is 0.192. The van der Waals surface area contributed by atoms with E-state index in [1.54, 1.807) is 0 Å². The van der Waals surface area contributed by atoms with Crippen molar-refractivity contribution in [1.82, 2.24) is 0 Å². The van der Waals surface area contributed by atoms with Crippen LogP contribution in [-0.2, 0) is 9.78 Å². The van der Waals surface area contributed by atoms with Gasteiger partial charge in [0.25, 0.3) is 0 Å². The van der Waals surface area contributed by atoms with E-state index in [0.29, 0.717) is 19.1 Å². The molecule has 2 heteroatoms. The maximum absolute atomic E-state index is 5.05. The standard InChI is InChI=1S/C10H22O2/c1-9(2)6-7-11-12-8-10(3,4)5/h9H,6-8H2,1-5H3. The van der Waals surface area contributed by atoms with Crippen molar-refractivity contribution in [1.29, 1.82) is 0 Å². The lowest BCUT2D eigenvalue weighted by molar-refractivity contribution is -0.307. The van der Waals surface area contributed by atoms with Crippen LogP contribution in [0.4, 0.5) is 0 Å². The molecule has 0 atom stereocenters. The van der Waals surface area contributed by atoms with Gasteiger partial charge in [0.05, 0.1) is 13.2 Å². The van der Waals surface area contributed by atoms with E-state index >= 15 is 0 Å². The average Bonchev–Trinajstić information content (AvgIpc) is 1.83. The van der Waals surface area contributed by atoms with Gasteiger partial charge >= 0.3 is 0 Å². The van der Waals surface area contributed by atoms with Gasteiger partial charge in [-0.3, -0.25) is 0 Å². The third-order valence-electron chi connectivity index (χ3n) is 1.35. The Morgan fingerprint density at radius 1 is 1.08 bits per heavy atom. The molecule has 0 aliphatic rings. The van der Waals surface area contributed by atoms with Gasteiger partial charge in [-0.15, -0.1) is 0 Å². The molecule has 2 nitrogen and oxygen atoms in total. The van der Waals surface area contributed by atoms with Crippen molar-refractivity contribution >= 4 is 0 Å². The minimum atomic E-state index is 0.192. The molecule has 12 heavy (non-hydrogen) atoms. The molecular weight excluding hydrogens is 152 g/mol. The highest BCUT2D eigenvalue weighted by Crippen LogP contribution is 2.13. The molecule has 0 unspecified atom stereocenters. The number of hydrogen-bond acceptors (Lipinski definition) is 2. The van der Waals surface area contributed by atoms with Crippen LogP contribution < -0.4 is 0 Å². The molecule has 0 aromatic heterocycles. The molecule has 0 spiro atoms. The van der Waals surface area contributed by atoms with Crippen molar-refractivity contribution in [3.63, 3.8) is 0 Å². The Morgan fingerprint density at radius 2 is 1.67 bits per heavy atom. The number of rotatable bonds is 5. The summed E-state index contributed by atoms with van der Waals surface area (Å²) in [5, 5.41) is 0. The minimum absolute atomic E-state index is 0.192. The average molecular weight is 174 g/mol. The number of hydrogen-bond donors (Lipinski definition) is 0. The van der Waals surface area contributed by atoms with Gasteiger partial charge in [-0.25, -0.2) is 9.78 Å². The monoisotopic (exact) mass is 174 g/mol. The molecule has 0 aromatic carbocycles. The van der Waals surface area contributed by atoms with Gasteiger partial charge in [-0.05, 0) is 17.8 Å². The largest absolute Gasteiger partial charge is 0.237 e. The lowest BCUT2D eigenvalue weighted by atomic mass is 9.99. The Kier molecular flexibility index (Phi) is 5.51. The molecule has 0 aliphatic carbocycles. The predicted octanol–water partition coefficient (Wildman–Crippen LogP) is 3.03. The van der Waals surface area contributed by atoms with Crippen molar-refractivity contribution in [3.8, 4) is 0 Å². The first kappa shape index (κ1) is 11.9. The quantitative estimate of drug-likeness (QED) is 0.362. The molecule has 0 saturated heterocycles. The zero-order valence-corrected chi connectivity index (χ0v) is 9.02. The van der Waals surface area contributed by atoms with E-state index in [0.717, 1.165) is 6.42 Å². The minimum Gasteiger partial charge on any atom is -0.237 e. The van der Waals surface area contributed by atoms with E-state index in [-0.39, 0.29) is 5.41 Å². The van der Waals surface area contributed by atoms with Crippen molar-refractivity contribution in [3.05, 3.63) is 0 Å². The molecule has 0 bridgehead atoms. The Morgan fingerprint density at radius 3 is 2.08 bits per heavy atom. The first-order valence-corrected chi connectivity index (χ1v) is 4.66. The molecule has 74 valence electrons. The van der Waals surface area contributed by atoms with E-state index < -0.39 is 0 Å². The van der Waals surface area contributed by atoms with Gasteiger partial charge in [0.1, 0.15) is 0 Å². The molecule has 0 fully saturated rings. The Bertz CT molecular complexity index is 103. The van der Waals surface area contributed by atoms with Gasteiger partial charge < -0.3 is 0 Å². The Balaban J connectivity index is 3.12. The van der Waals surface area contributed by atoms with Gasteiger partial charge in [-0.2, -0.15) is 0 Å². The van der Waals surface area contributed by atoms with Gasteiger partial charge in [0.15, 0.2) is 0 Å². The Labute approximate surface area is 76.2 Å². The zero-order valence-electron chi connectivity index (χ0n) is 9.02. The van der Waals surface area contributed by atoms with Crippen molar-refractivity contribution in [2.75, 3.05) is 13.2 Å². The van der Waals surface area contributed by atoms with Crippen LogP contribution in [0.15, 0.2) is 0 Å². The molecule has 0 rings (SSSR count). The van der Waals surface area contributed by atoms with Crippen LogP contribution in [0, 0.1) is 11.3 Å². The summed E-state index contributed by atoms with van der Waals surface area (Å²) in [4.78, 5) is 10.1. The molecule has 0 aliphatic heterocycles. The molecule has 0 saturated carbocycles. The fourth-order valence-electron chi connectivity index (χ4n) is 0.561. The molecular formula is C10H22O2. The van der Waals surface area contributed by atoms with E-state index in [4.69, 9.17) is 9.78 Å². The lowest BCUT2D eigenvalue weighted by Gasteiger charge is -2.16. The smallest absolute Gasteiger partial charge is 0.0870 e. The van der Waals surface area contributed by atoms with Crippen LogP contribution in [0.1, 0.15) is 41.0 Å². The summed E-state index contributed by atoms with van der Waals surface area (Å²) in [6, 6.07) is 0. The first-order chi connectivity index (χ1) is 5.42. The van der Waals surface area contributed by atoms with Gasteiger partial charge in [-0.1, -0.05) is 34.6 Å². The zero-order chi connectivity index (χ0) is 9.61. The third-order valence-corrected chi connectivity index (χ3v) is 1.35. The second-order valence-corrected chi connectivity index (χ2v) is 4.83. The highest BCUT2D eigenvalue weighted by molar-refractivity contribution is 4.57. The summed E-state index contributed by atoms with van der Waals surface area (Å²) in [6.07, 6.45) is 1.06. The molecule has 0 radical (unpaired) electrons. The van der Waals surface area contributed by atoms with Crippen molar-refractivity contribution < 1.29 is 9.78 Å². The third kappa shape index (κ3) is 9.92. The van der Waals surface area contributed by atoms with Crippen molar-refractivity contribution in [2.45, 2.75) is 41.0 Å². The second kappa shape index (κ2) is 5.55. The van der Waals surface area contributed by atoms with Crippen molar-refractivity contribution in [2.24, 2.45) is 11.3 Å². The summed E-state index contributed by atoms with van der Waals surface area (Å²) < 4.78 is 0. The fourth-order valence-corrected chi connectivity index (χ4v) is 0.561. The van der Waals surface area contributed by atoms with E-state index in [2.05, 4.69) is 34.6 Å². The van der Waals surface area contributed by atoms with Crippen LogP contribution in [0.5, 0.6) is 0 Å². The van der Waals surface area contributed by atoms with E-state index in [9.17, 15) is 0 Å². The van der Waals surface area contributed by atoms with Crippen LogP contribution in [-0.4, -0.2) is 13.2 Å². The highest BCUT2D eigenvalue weighted by Gasteiger charge is 2.10. The summed E-state index contributed by atoms with van der Waals surface area (Å²) in [7, 11) is 0. The summed E-state index contributed by atoms with van der Waals surface area (Å²) in [6.45, 7) is 12.1. The SMILES string of the molecule is CC(C)CCOOCC(C)(C)C. The fraction of sp³-hybridized carbons (Fsp3) is 1.00. The molecule has 0 amide bonds. The maximum atomic E-state index is 5.05. The van der Waals surface area contributed by atoms with Crippen LogP contribution in [0.3, 0.4) is 0 Å². The molecule has 0 aromatic rings. The van der Waals surface area contributed by atoms with Crippen LogP contribution in [0.2, 0.25) is 0 Å². The predicted molar refractivity (Wildman–Crippen MR) is 50.8 cm³/mol. The molecule has 0 heterocycles. The normalized spacial score (nSPS) is 12.5. The maximum Gasteiger partial charge on any atom is 0.0870 e. The van der Waals surface area contributed by atoms with Gasteiger partial charge in [0, 0.05) is 0 Å².